The fourth-order valence-corrected chi connectivity index (χ4v) is 2.39. The predicted molar refractivity (Wildman–Crippen MR) is 67.5 cm³/mol. The molecule has 1 aliphatic rings. The van der Waals surface area contributed by atoms with Gasteiger partial charge in [-0.25, -0.2) is 4.79 Å². The van der Waals surface area contributed by atoms with E-state index in [0.717, 1.165) is 18.5 Å². The summed E-state index contributed by atoms with van der Waals surface area (Å²) < 4.78 is 0. The highest BCUT2D eigenvalue weighted by Crippen LogP contribution is 2.14. The lowest BCUT2D eigenvalue weighted by Crippen LogP contribution is -2.22. The summed E-state index contributed by atoms with van der Waals surface area (Å²) in [6, 6.07) is 5.42. The lowest BCUT2D eigenvalue weighted by molar-refractivity contribution is 0.0697. The molecule has 17 heavy (non-hydrogen) atoms. The largest absolute Gasteiger partial charge is 0.478 e. The zero-order valence-corrected chi connectivity index (χ0v) is 10.3. The number of hydrogen-bond donors (Lipinski definition) is 1. The van der Waals surface area contributed by atoms with Gasteiger partial charge < -0.3 is 10.0 Å². The molecule has 1 N–H and O–H groups in total. The second-order valence-electron chi connectivity index (χ2n) is 4.75. The van der Waals surface area contributed by atoms with Crippen LogP contribution >= 0.6 is 0 Å². The van der Waals surface area contributed by atoms with Crippen molar-refractivity contribution in [2.45, 2.75) is 26.2 Å². The SMILES string of the molecule is Cc1cc(C(=O)O)ccc1CCN1CCCC1. The number of rotatable bonds is 4. The third-order valence-corrected chi connectivity index (χ3v) is 3.49. The third kappa shape index (κ3) is 3.07. The lowest BCUT2D eigenvalue weighted by Gasteiger charge is -2.15. The van der Waals surface area contributed by atoms with E-state index in [1.807, 2.05) is 13.0 Å². The number of nitrogens with zero attached hydrogens (tertiary/aromatic N) is 1. The van der Waals surface area contributed by atoms with E-state index in [1.54, 1.807) is 12.1 Å². The van der Waals surface area contributed by atoms with Crippen molar-refractivity contribution in [1.82, 2.24) is 4.90 Å². The third-order valence-electron chi connectivity index (χ3n) is 3.49. The molecular weight excluding hydrogens is 214 g/mol. The van der Waals surface area contributed by atoms with Crippen molar-refractivity contribution in [1.29, 1.82) is 0 Å². The van der Waals surface area contributed by atoms with E-state index < -0.39 is 5.97 Å². The van der Waals surface area contributed by atoms with Crippen LogP contribution in [0.25, 0.3) is 0 Å². The first kappa shape index (κ1) is 12.1. The van der Waals surface area contributed by atoms with Crippen LogP contribution in [0, 0.1) is 6.92 Å². The maximum Gasteiger partial charge on any atom is 0.335 e. The highest BCUT2D eigenvalue weighted by atomic mass is 16.4. The number of aryl methyl sites for hydroxylation is 1. The molecule has 0 aliphatic carbocycles. The molecule has 2 rings (SSSR count). The molecule has 3 nitrogen and oxygen atoms in total. The molecule has 0 unspecified atom stereocenters. The van der Waals surface area contributed by atoms with Crippen LogP contribution < -0.4 is 0 Å². The summed E-state index contributed by atoms with van der Waals surface area (Å²) in [7, 11) is 0. The van der Waals surface area contributed by atoms with Gasteiger partial charge in [0.15, 0.2) is 0 Å². The van der Waals surface area contributed by atoms with Gasteiger partial charge in [0.2, 0.25) is 0 Å². The molecule has 1 aliphatic heterocycles. The van der Waals surface area contributed by atoms with Crippen LogP contribution in [-0.4, -0.2) is 35.6 Å². The number of aromatic carboxylic acids is 1. The molecule has 1 heterocycles. The van der Waals surface area contributed by atoms with E-state index >= 15 is 0 Å². The van der Waals surface area contributed by atoms with Crippen molar-refractivity contribution in [3.63, 3.8) is 0 Å². The summed E-state index contributed by atoms with van der Waals surface area (Å²) >= 11 is 0. The van der Waals surface area contributed by atoms with Gasteiger partial charge in [-0.2, -0.15) is 0 Å². The molecule has 3 heteroatoms. The molecule has 0 amide bonds. The molecule has 0 spiro atoms. The van der Waals surface area contributed by atoms with Crippen LogP contribution in [0.2, 0.25) is 0 Å². The van der Waals surface area contributed by atoms with Crippen LogP contribution in [0.15, 0.2) is 18.2 Å². The Kier molecular flexibility index (Phi) is 3.79. The first-order valence-corrected chi connectivity index (χ1v) is 6.22. The fourth-order valence-electron chi connectivity index (χ4n) is 2.39. The Bertz CT molecular complexity index is 409. The molecule has 0 bridgehead atoms. The van der Waals surface area contributed by atoms with E-state index in [0.29, 0.717) is 5.56 Å². The van der Waals surface area contributed by atoms with Crippen LogP contribution in [0.1, 0.15) is 34.3 Å². The van der Waals surface area contributed by atoms with E-state index in [9.17, 15) is 4.79 Å². The maximum atomic E-state index is 10.8. The van der Waals surface area contributed by atoms with Crippen LogP contribution in [0.5, 0.6) is 0 Å². The standard InChI is InChI=1S/C14H19NO2/c1-11-10-13(14(16)17)5-4-12(11)6-9-15-7-2-3-8-15/h4-5,10H,2-3,6-9H2,1H3,(H,16,17). The first-order valence-electron chi connectivity index (χ1n) is 6.22. The van der Waals surface area contributed by atoms with Crippen LogP contribution in [0.3, 0.4) is 0 Å². The number of benzene rings is 1. The molecule has 92 valence electrons. The second kappa shape index (κ2) is 5.32. The topological polar surface area (TPSA) is 40.5 Å². The summed E-state index contributed by atoms with van der Waals surface area (Å²) in [5.41, 5.74) is 2.73. The summed E-state index contributed by atoms with van der Waals surface area (Å²) in [4.78, 5) is 13.3. The zero-order valence-electron chi connectivity index (χ0n) is 10.3. The second-order valence-corrected chi connectivity index (χ2v) is 4.75. The van der Waals surface area contributed by atoms with Crippen LogP contribution in [-0.2, 0) is 6.42 Å². The minimum Gasteiger partial charge on any atom is -0.478 e. The van der Waals surface area contributed by atoms with Gasteiger partial charge >= 0.3 is 5.97 Å². The minimum atomic E-state index is -0.848. The summed E-state index contributed by atoms with van der Waals surface area (Å²) in [6.45, 7) is 5.51. The average Bonchev–Trinajstić information content (AvgIpc) is 2.80. The Morgan fingerprint density at radius 1 is 1.35 bits per heavy atom. The van der Waals surface area contributed by atoms with Gasteiger partial charge in [-0.3, -0.25) is 0 Å². The molecule has 1 saturated heterocycles. The van der Waals surface area contributed by atoms with E-state index in [-0.39, 0.29) is 0 Å². The minimum absolute atomic E-state index is 0.382. The van der Waals surface area contributed by atoms with Gasteiger partial charge in [-0.05, 0) is 62.5 Å². The Morgan fingerprint density at radius 2 is 2.06 bits per heavy atom. The normalized spacial score (nSPS) is 16.3. The van der Waals surface area contributed by atoms with Gasteiger partial charge in [-0.1, -0.05) is 6.07 Å². The van der Waals surface area contributed by atoms with Gasteiger partial charge in [0.25, 0.3) is 0 Å². The Balaban J connectivity index is 1.98. The maximum absolute atomic E-state index is 10.8. The average molecular weight is 233 g/mol. The van der Waals surface area contributed by atoms with E-state index in [2.05, 4.69) is 4.90 Å². The fraction of sp³-hybridized carbons (Fsp3) is 0.500. The zero-order chi connectivity index (χ0) is 12.3. The molecule has 0 atom stereocenters. The van der Waals surface area contributed by atoms with Crippen molar-refractivity contribution < 1.29 is 9.90 Å². The molecule has 0 saturated carbocycles. The number of carbonyl (C=O) groups is 1. The highest BCUT2D eigenvalue weighted by Gasteiger charge is 2.12. The Morgan fingerprint density at radius 3 is 2.65 bits per heavy atom. The predicted octanol–water partition coefficient (Wildman–Crippen LogP) is 2.33. The summed E-state index contributed by atoms with van der Waals surface area (Å²) in [5.74, 6) is -0.848. The van der Waals surface area contributed by atoms with Crippen molar-refractivity contribution in [3.8, 4) is 0 Å². The smallest absolute Gasteiger partial charge is 0.335 e. The van der Waals surface area contributed by atoms with Gasteiger partial charge in [0, 0.05) is 6.54 Å². The Hall–Kier alpha value is -1.35. The quantitative estimate of drug-likeness (QED) is 0.867. The number of carboxylic acid groups (broad SMARTS) is 1. The highest BCUT2D eigenvalue weighted by molar-refractivity contribution is 5.87. The summed E-state index contributed by atoms with van der Waals surface area (Å²) in [5, 5.41) is 8.89. The van der Waals surface area contributed by atoms with Gasteiger partial charge in [-0.15, -0.1) is 0 Å². The summed E-state index contributed by atoms with van der Waals surface area (Å²) in [6.07, 6.45) is 3.65. The van der Waals surface area contributed by atoms with Crippen molar-refractivity contribution in [2.24, 2.45) is 0 Å². The molecule has 0 aromatic heterocycles. The molecule has 0 radical (unpaired) electrons. The number of hydrogen-bond acceptors (Lipinski definition) is 2. The lowest BCUT2D eigenvalue weighted by atomic mass is 10.0. The van der Waals surface area contributed by atoms with E-state index in [1.165, 1.54) is 31.5 Å². The molecule has 1 aromatic rings. The van der Waals surface area contributed by atoms with Gasteiger partial charge in [0.1, 0.15) is 0 Å². The van der Waals surface area contributed by atoms with E-state index in [4.69, 9.17) is 5.11 Å². The first-order chi connectivity index (χ1) is 8.16. The van der Waals surface area contributed by atoms with Crippen molar-refractivity contribution in [2.75, 3.05) is 19.6 Å². The molecular formula is C14H19NO2. The molecule has 1 fully saturated rings. The van der Waals surface area contributed by atoms with Crippen molar-refractivity contribution >= 4 is 5.97 Å². The number of carboxylic acids is 1. The van der Waals surface area contributed by atoms with Crippen molar-refractivity contribution in [3.05, 3.63) is 34.9 Å². The van der Waals surface area contributed by atoms with Gasteiger partial charge in [0.05, 0.1) is 5.56 Å². The monoisotopic (exact) mass is 233 g/mol. The number of likely N-dealkylation sites (tertiary alicyclic amines) is 1. The Labute approximate surface area is 102 Å². The molecule has 1 aromatic carbocycles. The van der Waals surface area contributed by atoms with Crippen LogP contribution in [0.4, 0.5) is 0 Å².